The van der Waals surface area contributed by atoms with E-state index >= 15 is 0 Å². The van der Waals surface area contributed by atoms with Crippen LogP contribution in [0.15, 0.2) is 0 Å². The molecule has 1 fully saturated rings. The number of carbonyl (C=O) groups is 3. The third kappa shape index (κ3) is 4.30. The predicted octanol–water partition coefficient (Wildman–Crippen LogP) is -0.148. The van der Waals surface area contributed by atoms with Crippen LogP contribution in [0.2, 0.25) is 0 Å². The van der Waals surface area contributed by atoms with Crippen LogP contribution in [0.3, 0.4) is 0 Å². The Bertz CT molecular complexity index is 364. The molecular weight excluding hydrogens is 270 g/mol. The maximum Gasteiger partial charge on any atom is 0.326 e. The van der Waals surface area contributed by atoms with Gasteiger partial charge in [-0.3, -0.25) is 4.79 Å². The lowest BCUT2D eigenvalue weighted by Gasteiger charge is -2.26. The normalized spacial score (nSPS) is 20.1. The fourth-order valence-corrected chi connectivity index (χ4v) is 2.62. The van der Waals surface area contributed by atoms with E-state index in [2.05, 4.69) is 5.32 Å². The van der Waals surface area contributed by atoms with Gasteiger partial charge in [-0.25, -0.2) is 9.59 Å². The molecule has 3 amide bonds. The third-order valence-corrected chi connectivity index (χ3v) is 3.69. The van der Waals surface area contributed by atoms with Gasteiger partial charge in [-0.1, -0.05) is 0 Å². The number of nitrogens with two attached hydrogens (primary N) is 1. The summed E-state index contributed by atoms with van der Waals surface area (Å²) in [6.45, 7) is 0.409. The summed E-state index contributed by atoms with van der Waals surface area (Å²) in [7, 11) is 0. The fraction of sp³-hybridized carbons (Fsp3) is 0.727. The Labute approximate surface area is 115 Å². The highest BCUT2D eigenvalue weighted by Gasteiger charge is 2.37. The second kappa shape index (κ2) is 7.22. The number of likely N-dealkylation sites (tertiary alicyclic amines) is 1. The number of carbonyl (C=O) groups excluding carboxylic acids is 2. The zero-order chi connectivity index (χ0) is 14.4. The molecule has 1 unspecified atom stereocenters. The molecule has 19 heavy (non-hydrogen) atoms. The first-order valence-electron chi connectivity index (χ1n) is 6.05. The zero-order valence-electron chi connectivity index (χ0n) is 10.8. The first kappa shape index (κ1) is 15.6. The first-order valence-corrected chi connectivity index (χ1v) is 7.45. The largest absolute Gasteiger partial charge is 0.480 e. The van der Waals surface area contributed by atoms with E-state index in [9.17, 15) is 14.4 Å². The Morgan fingerprint density at radius 1 is 1.53 bits per heavy atom. The van der Waals surface area contributed by atoms with Crippen molar-refractivity contribution in [3.63, 3.8) is 0 Å². The lowest BCUT2D eigenvalue weighted by atomic mass is 10.1. The van der Waals surface area contributed by atoms with Gasteiger partial charge in [-0.2, -0.15) is 11.8 Å². The number of hydrogen-bond donors (Lipinski definition) is 3. The first-order chi connectivity index (χ1) is 8.97. The molecule has 108 valence electrons. The van der Waals surface area contributed by atoms with Crippen LogP contribution < -0.4 is 11.1 Å². The molecule has 0 aromatic heterocycles. The number of thioether (sulfide) groups is 1. The predicted molar refractivity (Wildman–Crippen MR) is 71.9 cm³/mol. The minimum atomic E-state index is -1.01. The summed E-state index contributed by atoms with van der Waals surface area (Å²) >= 11 is 1.54. The molecule has 0 saturated carbocycles. The highest BCUT2D eigenvalue weighted by atomic mass is 32.2. The molecule has 1 saturated heterocycles. The van der Waals surface area contributed by atoms with E-state index < -0.39 is 24.1 Å². The minimum absolute atomic E-state index is 0.363. The maximum atomic E-state index is 12.3. The van der Waals surface area contributed by atoms with Crippen molar-refractivity contribution in [1.82, 2.24) is 10.2 Å². The number of rotatable bonds is 6. The monoisotopic (exact) mass is 289 g/mol. The Balaban J connectivity index is 2.73. The molecule has 1 aliphatic heterocycles. The van der Waals surface area contributed by atoms with Crippen LogP contribution in [-0.4, -0.2) is 58.6 Å². The van der Waals surface area contributed by atoms with Crippen LogP contribution in [0.25, 0.3) is 0 Å². The second-order valence-corrected chi connectivity index (χ2v) is 5.36. The molecule has 0 spiro atoms. The van der Waals surface area contributed by atoms with Crippen molar-refractivity contribution in [1.29, 1.82) is 0 Å². The molecule has 1 rings (SSSR count). The van der Waals surface area contributed by atoms with Crippen LogP contribution >= 0.6 is 11.8 Å². The molecule has 0 aliphatic carbocycles. The van der Waals surface area contributed by atoms with E-state index in [1.165, 1.54) is 4.90 Å². The van der Waals surface area contributed by atoms with Gasteiger partial charge in [0.2, 0.25) is 5.91 Å². The Hall–Kier alpha value is -1.44. The Morgan fingerprint density at radius 3 is 2.74 bits per heavy atom. The van der Waals surface area contributed by atoms with Crippen LogP contribution in [-0.2, 0) is 9.59 Å². The number of aliphatic carboxylic acids is 1. The molecule has 0 aromatic carbocycles. The topological polar surface area (TPSA) is 113 Å². The van der Waals surface area contributed by atoms with E-state index in [-0.39, 0.29) is 5.91 Å². The molecule has 2 atom stereocenters. The summed E-state index contributed by atoms with van der Waals surface area (Å²) in [6, 6.07) is -2.31. The van der Waals surface area contributed by atoms with Gasteiger partial charge in [-0.05, 0) is 31.3 Å². The van der Waals surface area contributed by atoms with Gasteiger partial charge in [0.1, 0.15) is 12.1 Å². The molecule has 1 aliphatic rings. The van der Waals surface area contributed by atoms with E-state index in [4.69, 9.17) is 10.8 Å². The van der Waals surface area contributed by atoms with Crippen molar-refractivity contribution in [2.24, 2.45) is 5.73 Å². The summed E-state index contributed by atoms with van der Waals surface area (Å²) in [5.74, 6) is -0.686. The quantitative estimate of drug-likeness (QED) is 0.629. The van der Waals surface area contributed by atoms with Gasteiger partial charge in [0.05, 0.1) is 0 Å². The number of primary amides is 1. The van der Waals surface area contributed by atoms with Crippen LogP contribution in [0, 0.1) is 0 Å². The highest BCUT2D eigenvalue weighted by molar-refractivity contribution is 7.98. The Morgan fingerprint density at radius 2 is 2.21 bits per heavy atom. The summed E-state index contributed by atoms with van der Waals surface area (Å²) < 4.78 is 0. The smallest absolute Gasteiger partial charge is 0.326 e. The van der Waals surface area contributed by atoms with E-state index in [1.54, 1.807) is 11.8 Å². The minimum Gasteiger partial charge on any atom is -0.480 e. The molecule has 0 aromatic rings. The summed E-state index contributed by atoms with van der Waals surface area (Å²) in [5, 5.41) is 11.5. The zero-order valence-corrected chi connectivity index (χ0v) is 11.6. The van der Waals surface area contributed by atoms with Crippen molar-refractivity contribution in [2.45, 2.75) is 31.3 Å². The fourth-order valence-electron chi connectivity index (χ4n) is 2.15. The van der Waals surface area contributed by atoms with Gasteiger partial charge in [0.15, 0.2) is 0 Å². The number of nitrogens with one attached hydrogen (secondary N) is 1. The average molecular weight is 289 g/mol. The van der Waals surface area contributed by atoms with Crippen molar-refractivity contribution in [3.8, 4) is 0 Å². The van der Waals surface area contributed by atoms with E-state index in [0.29, 0.717) is 31.6 Å². The second-order valence-electron chi connectivity index (χ2n) is 4.37. The number of carboxylic acids is 1. The maximum absolute atomic E-state index is 12.3. The van der Waals surface area contributed by atoms with Crippen LogP contribution in [0.4, 0.5) is 4.79 Å². The van der Waals surface area contributed by atoms with E-state index in [0.717, 1.165) is 0 Å². The number of urea groups is 1. The lowest BCUT2D eigenvalue weighted by molar-refractivity contribution is -0.148. The molecule has 0 radical (unpaired) electrons. The molecule has 8 heteroatoms. The SMILES string of the molecule is CSCCC(NC(N)=O)C(=O)N1CCC[C@H]1C(=O)O. The van der Waals surface area contributed by atoms with Gasteiger partial charge in [-0.15, -0.1) is 0 Å². The molecule has 0 bridgehead atoms. The van der Waals surface area contributed by atoms with Crippen LogP contribution in [0.1, 0.15) is 19.3 Å². The van der Waals surface area contributed by atoms with Gasteiger partial charge in [0, 0.05) is 6.54 Å². The number of amides is 3. The number of nitrogens with zero attached hydrogens (tertiary/aromatic N) is 1. The number of hydrogen-bond acceptors (Lipinski definition) is 4. The summed E-state index contributed by atoms with van der Waals surface area (Å²) in [6.07, 6.45) is 3.44. The Kier molecular flexibility index (Phi) is 5.94. The summed E-state index contributed by atoms with van der Waals surface area (Å²) in [5.41, 5.74) is 5.05. The van der Waals surface area contributed by atoms with Gasteiger partial charge >= 0.3 is 12.0 Å². The molecule has 7 nitrogen and oxygen atoms in total. The van der Waals surface area contributed by atoms with Crippen molar-refractivity contribution in [3.05, 3.63) is 0 Å². The molecule has 4 N–H and O–H groups in total. The number of carboxylic acid groups (broad SMARTS) is 1. The van der Waals surface area contributed by atoms with Gasteiger partial charge in [0.25, 0.3) is 0 Å². The van der Waals surface area contributed by atoms with E-state index in [1.807, 2.05) is 6.26 Å². The van der Waals surface area contributed by atoms with Crippen LogP contribution in [0.5, 0.6) is 0 Å². The highest BCUT2D eigenvalue weighted by Crippen LogP contribution is 2.19. The third-order valence-electron chi connectivity index (χ3n) is 3.05. The standard InChI is InChI=1S/C11H19N3O4S/c1-19-6-4-7(13-11(12)18)9(15)14-5-2-3-8(14)10(16)17/h7-8H,2-6H2,1H3,(H,16,17)(H3,12,13,18)/t7?,8-/m0/s1. The molecule has 1 heterocycles. The van der Waals surface area contributed by atoms with Crippen molar-refractivity contribution < 1.29 is 19.5 Å². The summed E-state index contributed by atoms with van der Waals surface area (Å²) in [4.78, 5) is 35.6. The average Bonchev–Trinajstić information content (AvgIpc) is 2.82. The van der Waals surface area contributed by atoms with Crippen molar-refractivity contribution >= 4 is 29.7 Å². The van der Waals surface area contributed by atoms with Crippen molar-refractivity contribution in [2.75, 3.05) is 18.6 Å². The lowest BCUT2D eigenvalue weighted by Crippen LogP contribution is -2.52. The van der Waals surface area contributed by atoms with Gasteiger partial charge < -0.3 is 21.1 Å². The molecular formula is C11H19N3O4S.